The highest BCUT2D eigenvalue weighted by Crippen LogP contribution is 2.30. The summed E-state index contributed by atoms with van der Waals surface area (Å²) in [5.41, 5.74) is 1.39. The maximum absolute atomic E-state index is 12.4. The molecule has 1 heterocycles. The Morgan fingerprint density at radius 2 is 1.77 bits per heavy atom. The minimum Gasteiger partial charge on any atom is -0.494 e. The Morgan fingerprint density at radius 1 is 0.971 bits per heavy atom. The lowest BCUT2D eigenvalue weighted by Crippen LogP contribution is -2.28. The first-order valence-electron chi connectivity index (χ1n) is 11.8. The van der Waals surface area contributed by atoms with E-state index in [1.807, 2.05) is 30.3 Å². The van der Waals surface area contributed by atoms with Gasteiger partial charge in [0.2, 0.25) is 11.8 Å². The molecule has 1 fully saturated rings. The minimum atomic E-state index is -0.287. The zero-order chi connectivity index (χ0) is 24.5. The number of anilines is 1. The molecule has 0 unspecified atom stereocenters. The van der Waals surface area contributed by atoms with Crippen LogP contribution in [0, 0.1) is 5.92 Å². The summed E-state index contributed by atoms with van der Waals surface area (Å²) in [7, 11) is 0. The molecule has 3 aromatic rings. The van der Waals surface area contributed by atoms with Crippen molar-refractivity contribution in [1.29, 1.82) is 0 Å². The summed E-state index contributed by atoms with van der Waals surface area (Å²) < 4.78 is 17.1. The van der Waals surface area contributed by atoms with E-state index >= 15 is 0 Å². The average molecular weight is 476 g/mol. The fraction of sp³-hybridized carbons (Fsp3) is 0.296. The molecular weight excluding hydrogens is 446 g/mol. The number of carbonyl (C=O) groups is 2. The van der Waals surface area contributed by atoms with Crippen molar-refractivity contribution in [2.45, 2.75) is 32.7 Å². The zero-order valence-corrected chi connectivity index (χ0v) is 19.7. The van der Waals surface area contributed by atoms with Gasteiger partial charge in [0.05, 0.1) is 6.61 Å². The van der Waals surface area contributed by atoms with Crippen molar-refractivity contribution in [3.05, 3.63) is 72.4 Å². The molecule has 0 saturated heterocycles. The molecule has 1 aliphatic rings. The second kappa shape index (κ2) is 11.9. The average Bonchev–Trinajstić information content (AvgIpc) is 3.73. The van der Waals surface area contributed by atoms with Crippen LogP contribution in [0.5, 0.6) is 23.1 Å². The molecule has 1 aliphatic carbocycles. The van der Waals surface area contributed by atoms with Crippen LogP contribution < -0.4 is 24.8 Å². The monoisotopic (exact) mass is 475 g/mol. The van der Waals surface area contributed by atoms with E-state index in [4.69, 9.17) is 14.2 Å². The van der Waals surface area contributed by atoms with Gasteiger partial charge in [-0.3, -0.25) is 9.59 Å². The Hall–Kier alpha value is -4.07. The third kappa shape index (κ3) is 7.46. The van der Waals surface area contributed by atoms with Crippen molar-refractivity contribution in [1.82, 2.24) is 10.3 Å². The van der Waals surface area contributed by atoms with E-state index in [-0.39, 0.29) is 30.9 Å². The number of rotatable bonds is 12. The van der Waals surface area contributed by atoms with Crippen LogP contribution in [0.2, 0.25) is 0 Å². The molecule has 0 atom stereocenters. The minimum absolute atomic E-state index is 0.0233. The van der Waals surface area contributed by atoms with Crippen LogP contribution in [-0.2, 0) is 16.1 Å². The maximum atomic E-state index is 12.4. The molecule has 4 rings (SSSR count). The van der Waals surface area contributed by atoms with Gasteiger partial charge in [-0.1, -0.05) is 19.1 Å². The molecule has 2 aromatic carbocycles. The Labute approximate surface area is 204 Å². The van der Waals surface area contributed by atoms with E-state index in [1.54, 1.807) is 36.5 Å². The van der Waals surface area contributed by atoms with E-state index in [2.05, 4.69) is 22.5 Å². The van der Waals surface area contributed by atoms with Crippen molar-refractivity contribution in [3.8, 4) is 23.1 Å². The van der Waals surface area contributed by atoms with E-state index < -0.39 is 0 Å². The highest BCUT2D eigenvalue weighted by molar-refractivity contribution is 5.94. The number of benzene rings is 2. The first-order chi connectivity index (χ1) is 17.1. The number of hydrogen-bond acceptors (Lipinski definition) is 6. The number of ether oxygens (including phenoxy) is 3. The van der Waals surface area contributed by atoms with Crippen LogP contribution in [0.25, 0.3) is 0 Å². The van der Waals surface area contributed by atoms with Gasteiger partial charge in [-0.05, 0) is 61.7 Å². The standard InChI is InChI=1S/C27H29N3O5/c1-2-15-33-22-10-12-23(13-11-22)35-27-20(5-4-14-28-27)17-29-25(31)18-34-24-7-3-6-21(16-24)30-26(32)19-8-9-19/h3-7,10-14,16,19H,2,8-9,15,17-18H2,1H3,(H,29,31)(H,30,32). The summed E-state index contributed by atoms with van der Waals surface area (Å²) in [6.07, 6.45) is 4.45. The number of amides is 2. The summed E-state index contributed by atoms with van der Waals surface area (Å²) in [5, 5.41) is 5.69. The largest absolute Gasteiger partial charge is 0.494 e. The number of nitrogens with zero attached hydrogens (tertiary/aromatic N) is 1. The van der Waals surface area contributed by atoms with E-state index in [0.717, 1.165) is 30.6 Å². The topological polar surface area (TPSA) is 98.8 Å². The van der Waals surface area contributed by atoms with Gasteiger partial charge in [-0.25, -0.2) is 4.98 Å². The molecule has 35 heavy (non-hydrogen) atoms. The summed E-state index contributed by atoms with van der Waals surface area (Å²) >= 11 is 0. The molecule has 182 valence electrons. The van der Waals surface area contributed by atoms with Gasteiger partial charge in [0.15, 0.2) is 6.61 Å². The fourth-order valence-corrected chi connectivity index (χ4v) is 3.23. The lowest BCUT2D eigenvalue weighted by molar-refractivity contribution is -0.123. The van der Waals surface area contributed by atoms with Crippen LogP contribution in [0.4, 0.5) is 5.69 Å². The number of nitrogens with one attached hydrogen (secondary N) is 2. The summed E-state index contributed by atoms with van der Waals surface area (Å²) in [4.78, 5) is 28.6. The van der Waals surface area contributed by atoms with Crippen molar-refractivity contribution in [2.75, 3.05) is 18.5 Å². The van der Waals surface area contributed by atoms with E-state index in [1.165, 1.54) is 0 Å². The highest BCUT2D eigenvalue weighted by Gasteiger charge is 2.29. The van der Waals surface area contributed by atoms with Gasteiger partial charge >= 0.3 is 0 Å². The molecule has 8 heteroatoms. The summed E-state index contributed by atoms with van der Waals surface area (Å²) in [6, 6.07) is 18.0. The first kappa shape index (κ1) is 24.1. The van der Waals surface area contributed by atoms with Gasteiger partial charge in [0.1, 0.15) is 17.2 Å². The zero-order valence-electron chi connectivity index (χ0n) is 19.7. The van der Waals surface area contributed by atoms with Gasteiger partial charge in [-0.2, -0.15) is 0 Å². The molecule has 8 nitrogen and oxygen atoms in total. The second-order valence-corrected chi connectivity index (χ2v) is 8.25. The number of carbonyl (C=O) groups excluding carboxylic acids is 2. The van der Waals surface area contributed by atoms with Gasteiger partial charge in [-0.15, -0.1) is 0 Å². The quantitative estimate of drug-likeness (QED) is 0.394. The number of pyridine rings is 1. The molecule has 1 aromatic heterocycles. The van der Waals surface area contributed by atoms with Crippen molar-refractivity contribution in [2.24, 2.45) is 5.92 Å². The molecule has 0 spiro atoms. The first-order valence-corrected chi connectivity index (χ1v) is 11.8. The van der Waals surface area contributed by atoms with Crippen molar-refractivity contribution in [3.63, 3.8) is 0 Å². The highest BCUT2D eigenvalue weighted by atomic mass is 16.5. The van der Waals surface area contributed by atoms with Gasteiger partial charge in [0.25, 0.3) is 5.91 Å². The molecule has 0 bridgehead atoms. The predicted octanol–water partition coefficient (Wildman–Crippen LogP) is 4.71. The molecule has 0 aliphatic heterocycles. The molecule has 2 amide bonds. The Balaban J connectivity index is 1.26. The Morgan fingerprint density at radius 3 is 2.54 bits per heavy atom. The molecule has 0 radical (unpaired) electrons. The van der Waals surface area contributed by atoms with E-state index in [0.29, 0.717) is 29.7 Å². The van der Waals surface area contributed by atoms with Crippen LogP contribution in [0.1, 0.15) is 31.7 Å². The fourth-order valence-electron chi connectivity index (χ4n) is 3.23. The Kier molecular flexibility index (Phi) is 8.17. The van der Waals surface area contributed by atoms with Crippen LogP contribution in [0.3, 0.4) is 0 Å². The lowest BCUT2D eigenvalue weighted by atomic mass is 10.2. The number of aromatic nitrogens is 1. The third-order valence-corrected chi connectivity index (χ3v) is 5.26. The van der Waals surface area contributed by atoms with Crippen LogP contribution in [-0.4, -0.2) is 30.0 Å². The number of hydrogen-bond donors (Lipinski definition) is 2. The second-order valence-electron chi connectivity index (χ2n) is 8.25. The predicted molar refractivity (Wildman–Crippen MR) is 132 cm³/mol. The summed E-state index contributed by atoms with van der Waals surface area (Å²) in [6.45, 7) is 2.80. The smallest absolute Gasteiger partial charge is 0.258 e. The van der Waals surface area contributed by atoms with Crippen molar-refractivity contribution >= 4 is 17.5 Å². The van der Waals surface area contributed by atoms with Gasteiger partial charge < -0.3 is 24.8 Å². The van der Waals surface area contributed by atoms with Crippen LogP contribution in [0.15, 0.2) is 66.9 Å². The SMILES string of the molecule is CCCOc1ccc(Oc2ncccc2CNC(=O)COc2cccc(NC(=O)C3CC3)c2)cc1. The van der Waals surface area contributed by atoms with Crippen molar-refractivity contribution < 1.29 is 23.8 Å². The normalized spacial score (nSPS) is 12.5. The van der Waals surface area contributed by atoms with Crippen LogP contribution >= 0.6 is 0 Å². The molecule has 1 saturated carbocycles. The van der Waals surface area contributed by atoms with E-state index in [9.17, 15) is 9.59 Å². The molecular formula is C27H29N3O5. The maximum Gasteiger partial charge on any atom is 0.258 e. The third-order valence-electron chi connectivity index (χ3n) is 5.26. The summed E-state index contributed by atoms with van der Waals surface area (Å²) in [5.74, 6) is 2.17. The lowest BCUT2D eigenvalue weighted by Gasteiger charge is -2.12. The Bertz CT molecular complexity index is 1150. The van der Waals surface area contributed by atoms with Gasteiger partial charge in [0, 0.05) is 36.0 Å². The molecule has 2 N–H and O–H groups in total.